The summed E-state index contributed by atoms with van der Waals surface area (Å²) in [6.45, 7) is 0. The van der Waals surface area contributed by atoms with E-state index in [0.717, 1.165) is 17.5 Å². The maximum Gasteiger partial charge on any atom is 0.269 e. The van der Waals surface area contributed by atoms with E-state index in [9.17, 15) is 10.1 Å². The van der Waals surface area contributed by atoms with Gasteiger partial charge in [0.15, 0.2) is 11.5 Å². The van der Waals surface area contributed by atoms with Gasteiger partial charge in [0.05, 0.1) is 19.1 Å². The van der Waals surface area contributed by atoms with E-state index in [2.05, 4.69) is 0 Å². The number of non-ortho nitro benzene ring substituents is 1. The third kappa shape index (κ3) is 3.85. The van der Waals surface area contributed by atoms with E-state index in [1.54, 1.807) is 26.4 Å². The van der Waals surface area contributed by atoms with Crippen LogP contribution in [0, 0.1) is 10.1 Å². The van der Waals surface area contributed by atoms with E-state index in [4.69, 9.17) is 9.47 Å². The number of ether oxygens (including phenoxy) is 2. The quantitative estimate of drug-likeness (QED) is 0.600. The summed E-state index contributed by atoms with van der Waals surface area (Å²) in [5, 5.41) is 10.6. The predicted molar refractivity (Wildman–Crippen MR) is 85.4 cm³/mol. The molecule has 2 aromatic rings. The first-order valence-corrected chi connectivity index (χ1v) is 6.76. The van der Waals surface area contributed by atoms with E-state index >= 15 is 0 Å². The number of benzene rings is 2. The van der Waals surface area contributed by atoms with Gasteiger partial charge in [-0.05, 0) is 41.8 Å². The molecular formula is C17H17NO4. The van der Waals surface area contributed by atoms with Gasteiger partial charge in [0, 0.05) is 12.1 Å². The summed E-state index contributed by atoms with van der Waals surface area (Å²) in [4.78, 5) is 10.2. The Labute approximate surface area is 129 Å². The standard InChI is InChI=1S/C17H17NO4/c1-21-16-11-8-14(12-17(16)22-2)5-3-4-13-6-9-15(10-7-13)18(19)20/h3-4,6-12H,5H2,1-2H3. The minimum atomic E-state index is -0.406. The summed E-state index contributed by atoms with van der Waals surface area (Å²) in [6.07, 6.45) is 4.67. The molecule has 0 N–H and O–H groups in total. The highest BCUT2D eigenvalue weighted by molar-refractivity contribution is 5.52. The molecule has 0 fully saturated rings. The zero-order chi connectivity index (χ0) is 15.9. The van der Waals surface area contributed by atoms with Crippen LogP contribution in [0.3, 0.4) is 0 Å². The van der Waals surface area contributed by atoms with Gasteiger partial charge in [0.1, 0.15) is 0 Å². The van der Waals surface area contributed by atoms with Crippen molar-refractivity contribution < 1.29 is 14.4 Å². The Kier molecular flexibility index (Phi) is 5.14. The van der Waals surface area contributed by atoms with Gasteiger partial charge in [-0.1, -0.05) is 18.2 Å². The van der Waals surface area contributed by atoms with E-state index in [-0.39, 0.29) is 5.69 Å². The van der Waals surface area contributed by atoms with Crippen LogP contribution in [-0.4, -0.2) is 19.1 Å². The number of nitrogens with zero attached hydrogens (tertiary/aromatic N) is 1. The average molecular weight is 299 g/mol. The van der Waals surface area contributed by atoms with Crippen molar-refractivity contribution >= 4 is 11.8 Å². The van der Waals surface area contributed by atoms with Crippen molar-refractivity contribution in [2.75, 3.05) is 14.2 Å². The highest BCUT2D eigenvalue weighted by atomic mass is 16.6. The molecule has 5 nitrogen and oxygen atoms in total. The fourth-order valence-electron chi connectivity index (χ4n) is 2.05. The zero-order valence-electron chi connectivity index (χ0n) is 12.5. The van der Waals surface area contributed by atoms with Crippen molar-refractivity contribution in [1.29, 1.82) is 0 Å². The number of methoxy groups -OCH3 is 2. The molecule has 114 valence electrons. The van der Waals surface area contributed by atoms with E-state index < -0.39 is 4.92 Å². The van der Waals surface area contributed by atoms with Crippen molar-refractivity contribution in [3.63, 3.8) is 0 Å². The van der Waals surface area contributed by atoms with E-state index in [1.165, 1.54) is 12.1 Å². The van der Waals surface area contributed by atoms with Crippen LogP contribution in [-0.2, 0) is 6.42 Å². The number of rotatable bonds is 6. The third-order valence-corrected chi connectivity index (χ3v) is 3.22. The molecule has 0 saturated heterocycles. The minimum absolute atomic E-state index is 0.0945. The van der Waals surface area contributed by atoms with E-state index in [0.29, 0.717) is 11.5 Å². The molecule has 5 heteroatoms. The van der Waals surface area contributed by atoms with Gasteiger partial charge in [-0.15, -0.1) is 0 Å². The molecule has 2 rings (SSSR count). The molecule has 2 aromatic carbocycles. The van der Waals surface area contributed by atoms with Crippen molar-refractivity contribution in [1.82, 2.24) is 0 Å². The smallest absolute Gasteiger partial charge is 0.269 e. The van der Waals surface area contributed by atoms with Crippen molar-refractivity contribution in [2.45, 2.75) is 6.42 Å². The zero-order valence-corrected chi connectivity index (χ0v) is 12.5. The Hall–Kier alpha value is -2.82. The maximum atomic E-state index is 10.6. The number of hydrogen-bond acceptors (Lipinski definition) is 4. The summed E-state index contributed by atoms with van der Waals surface area (Å²) < 4.78 is 10.5. The molecule has 22 heavy (non-hydrogen) atoms. The number of nitro groups is 1. The topological polar surface area (TPSA) is 61.6 Å². The highest BCUT2D eigenvalue weighted by Crippen LogP contribution is 2.27. The second kappa shape index (κ2) is 7.26. The van der Waals surface area contributed by atoms with Crippen molar-refractivity contribution in [3.8, 4) is 11.5 Å². The molecule has 0 radical (unpaired) electrons. The monoisotopic (exact) mass is 299 g/mol. The van der Waals surface area contributed by atoms with Crippen LogP contribution in [0.5, 0.6) is 11.5 Å². The van der Waals surface area contributed by atoms with Gasteiger partial charge >= 0.3 is 0 Å². The third-order valence-electron chi connectivity index (χ3n) is 3.22. The molecule has 0 amide bonds. The Balaban J connectivity index is 2.04. The first kappa shape index (κ1) is 15.6. The molecule has 0 unspecified atom stereocenters. The van der Waals surface area contributed by atoms with Crippen LogP contribution in [0.15, 0.2) is 48.5 Å². The molecule has 0 bridgehead atoms. The van der Waals surface area contributed by atoms with Crippen LogP contribution >= 0.6 is 0 Å². The molecule has 0 spiro atoms. The average Bonchev–Trinajstić information content (AvgIpc) is 2.55. The number of allylic oxidation sites excluding steroid dienone is 1. The van der Waals surface area contributed by atoms with Gasteiger partial charge in [0.2, 0.25) is 0 Å². The molecule has 0 aromatic heterocycles. The number of hydrogen-bond donors (Lipinski definition) is 0. The molecule has 0 aliphatic carbocycles. The van der Waals surface area contributed by atoms with Gasteiger partial charge in [0.25, 0.3) is 5.69 Å². The highest BCUT2D eigenvalue weighted by Gasteiger charge is 2.04. The summed E-state index contributed by atoms with van der Waals surface area (Å²) in [6, 6.07) is 12.2. The summed E-state index contributed by atoms with van der Waals surface area (Å²) in [5.74, 6) is 1.40. The summed E-state index contributed by atoms with van der Waals surface area (Å²) in [5.41, 5.74) is 2.11. The van der Waals surface area contributed by atoms with Crippen LogP contribution in [0.2, 0.25) is 0 Å². The minimum Gasteiger partial charge on any atom is -0.493 e. The Morgan fingerprint density at radius 3 is 2.32 bits per heavy atom. The Morgan fingerprint density at radius 1 is 1.05 bits per heavy atom. The molecule has 0 heterocycles. The molecular weight excluding hydrogens is 282 g/mol. The Bertz CT molecular complexity index is 678. The molecule has 0 saturated carbocycles. The van der Waals surface area contributed by atoms with Crippen LogP contribution in [0.25, 0.3) is 6.08 Å². The second-order valence-electron chi connectivity index (χ2n) is 4.64. The first-order chi connectivity index (χ1) is 10.6. The lowest BCUT2D eigenvalue weighted by Crippen LogP contribution is -1.92. The normalized spacial score (nSPS) is 10.6. The summed E-state index contributed by atoms with van der Waals surface area (Å²) in [7, 11) is 3.21. The lowest BCUT2D eigenvalue weighted by molar-refractivity contribution is -0.384. The lowest BCUT2D eigenvalue weighted by Gasteiger charge is -2.08. The number of nitro benzene ring substituents is 1. The fraction of sp³-hybridized carbons (Fsp3) is 0.176. The largest absolute Gasteiger partial charge is 0.493 e. The van der Waals surface area contributed by atoms with Gasteiger partial charge in [-0.25, -0.2) is 0 Å². The van der Waals surface area contributed by atoms with Gasteiger partial charge in [-0.2, -0.15) is 0 Å². The lowest BCUT2D eigenvalue weighted by atomic mass is 10.1. The van der Waals surface area contributed by atoms with Crippen molar-refractivity contribution in [2.24, 2.45) is 0 Å². The SMILES string of the molecule is COc1ccc(CC=Cc2ccc([N+](=O)[O-])cc2)cc1OC. The van der Waals surface area contributed by atoms with Crippen LogP contribution in [0.1, 0.15) is 11.1 Å². The predicted octanol–water partition coefficient (Wildman–Crippen LogP) is 3.87. The molecule has 0 aliphatic rings. The molecule has 0 aliphatic heterocycles. The van der Waals surface area contributed by atoms with Crippen LogP contribution < -0.4 is 9.47 Å². The van der Waals surface area contributed by atoms with Crippen molar-refractivity contribution in [3.05, 3.63) is 69.8 Å². The Morgan fingerprint density at radius 2 is 1.73 bits per heavy atom. The van der Waals surface area contributed by atoms with E-state index in [1.807, 2.05) is 30.4 Å². The van der Waals surface area contributed by atoms with Gasteiger partial charge in [-0.3, -0.25) is 10.1 Å². The first-order valence-electron chi connectivity index (χ1n) is 6.76. The maximum absolute atomic E-state index is 10.6. The fourth-order valence-corrected chi connectivity index (χ4v) is 2.05. The second-order valence-corrected chi connectivity index (χ2v) is 4.64. The molecule has 0 atom stereocenters. The van der Waals surface area contributed by atoms with Gasteiger partial charge < -0.3 is 9.47 Å². The summed E-state index contributed by atoms with van der Waals surface area (Å²) >= 11 is 0. The van der Waals surface area contributed by atoms with Crippen LogP contribution in [0.4, 0.5) is 5.69 Å².